The van der Waals surface area contributed by atoms with Gasteiger partial charge in [-0.2, -0.15) is 13.2 Å². The van der Waals surface area contributed by atoms with Crippen molar-refractivity contribution in [1.29, 1.82) is 0 Å². The third-order valence-corrected chi connectivity index (χ3v) is 4.27. The number of carbonyl (C=O) groups excluding carboxylic acids is 2. The van der Waals surface area contributed by atoms with Crippen molar-refractivity contribution in [3.05, 3.63) is 71.3 Å². The predicted molar refractivity (Wildman–Crippen MR) is 92.5 cm³/mol. The molecular weight excluding hydrogens is 359 g/mol. The Hall–Kier alpha value is -3.03. The third-order valence-electron chi connectivity index (χ3n) is 4.27. The molecule has 0 saturated carbocycles. The number of urea groups is 1. The van der Waals surface area contributed by atoms with Gasteiger partial charge in [-0.05, 0) is 23.3 Å². The summed E-state index contributed by atoms with van der Waals surface area (Å²) in [5.41, 5.74) is 0.762. The summed E-state index contributed by atoms with van der Waals surface area (Å²) in [5.74, 6) is -0.376. The second-order valence-electron chi connectivity index (χ2n) is 6.28. The van der Waals surface area contributed by atoms with E-state index in [1.807, 2.05) is 30.3 Å². The van der Waals surface area contributed by atoms with Crippen LogP contribution in [0.1, 0.15) is 16.7 Å². The van der Waals surface area contributed by atoms with Crippen molar-refractivity contribution in [2.45, 2.75) is 25.3 Å². The first-order valence-electron chi connectivity index (χ1n) is 8.36. The lowest BCUT2D eigenvalue weighted by molar-refractivity contribution is -0.137. The molecule has 5 nitrogen and oxygen atoms in total. The molecule has 0 aromatic heterocycles. The highest BCUT2D eigenvalue weighted by Crippen LogP contribution is 2.29. The fourth-order valence-corrected chi connectivity index (χ4v) is 2.80. The number of rotatable bonds is 5. The number of benzene rings is 2. The van der Waals surface area contributed by atoms with Crippen molar-refractivity contribution in [2.24, 2.45) is 0 Å². The van der Waals surface area contributed by atoms with Crippen LogP contribution in [0.3, 0.4) is 0 Å². The molecule has 1 heterocycles. The van der Waals surface area contributed by atoms with Crippen molar-refractivity contribution in [2.75, 3.05) is 6.54 Å². The van der Waals surface area contributed by atoms with Gasteiger partial charge in [0.05, 0.1) is 12.1 Å². The van der Waals surface area contributed by atoms with Crippen molar-refractivity contribution < 1.29 is 22.8 Å². The molecule has 1 aliphatic rings. The molecule has 1 atom stereocenters. The Bertz CT molecular complexity index is 807. The van der Waals surface area contributed by atoms with Crippen molar-refractivity contribution >= 4 is 11.9 Å². The molecule has 0 radical (unpaired) electrons. The Balaban J connectivity index is 1.52. The molecule has 1 unspecified atom stereocenters. The maximum atomic E-state index is 12.6. The number of nitrogens with zero attached hydrogens (tertiary/aromatic N) is 1. The van der Waals surface area contributed by atoms with E-state index in [1.54, 1.807) is 0 Å². The minimum Gasteiger partial charge on any atom is -0.350 e. The van der Waals surface area contributed by atoms with Gasteiger partial charge in [0.15, 0.2) is 0 Å². The van der Waals surface area contributed by atoms with Gasteiger partial charge >= 0.3 is 12.2 Å². The quantitative estimate of drug-likeness (QED) is 0.842. The Morgan fingerprint density at radius 2 is 1.74 bits per heavy atom. The minimum absolute atomic E-state index is 0.0853. The number of nitrogens with one attached hydrogen (secondary N) is 2. The molecule has 2 aromatic rings. The van der Waals surface area contributed by atoms with E-state index in [1.165, 1.54) is 17.0 Å². The lowest BCUT2D eigenvalue weighted by Crippen LogP contribution is -2.42. The first-order valence-corrected chi connectivity index (χ1v) is 8.36. The molecule has 1 fully saturated rings. The standard InChI is InChI=1S/C19H18F3N3O2/c20-19(21,22)15-8-6-13(7-9-15)10-23-17(26)16-12-25(18(27)24-16)11-14-4-2-1-3-5-14/h1-9,16H,10-12H2,(H,23,26)(H,24,27). The Morgan fingerprint density at radius 3 is 2.37 bits per heavy atom. The summed E-state index contributed by atoms with van der Waals surface area (Å²) in [7, 11) is 0. The number of carbonyl (C=O) groups is 2. The van der Waals surface area contributed by atoms with Gasteiger partial charge in [0.25, 0.3) is 0 Å². The molecule has 27 heavy (non-hydrogen) atoms. The van der Waals surface area contributed by atoms with Crippen LogP contribution in [0.25, 0.3) is 0 Å². The summed E-state index contributed by atoms with van der Waals surface area (Å²) in [6.07, 6.45) is -4.39. The fourth-order valence-electron chi connectivity index (χ4n) is 2.80. The van der Waals surface area contributed by atoms with Crippen LogP contribution < -0.4 is 10.6 Å². The lowest BCUT2D eigenvalue weighted by atomic mass is 10.1. The molecule has 142 valence electrons. The van der Waals surface area contributed by atoms with Crippen LogP contribution >= 0.6 is 0 Å². The van der Waals surface area contributed by atoms with Crippen LogP contribution in [0, 0.1) is 0 Å². The average Bonchev–Trinajstić information content (AvgIpc) is 3.01. The number of hydrogen-bond donors (Lipinski definition) is 2. The predicted octanol–water partition coefficient (Wildman–Crippen LogP) is 2.92. The monoisotopic (exact) mass is 377 g/mol. The van der Waals surface area contributed by atoms with Gasteiger partial charge in [0.2, 0.25) is 5.91 Å². The molecule has 2 aromatic carbocycles. The smallest absolute Gasteiger partial charge is 0.350 e. The lowest BCUT2D eigenvalue weighted by Gasteiger charge is -2.14. The summed E-state index contributed by atoms with van der Waals surface area (Å²) in [4.78, 5) is 25.8. The van der Waals surface area contributed by atoms with Gasteiger partial charge in [0, 0.05) is 13.1 Å². The van der Waals surface area contributed by atoms with Crippen LogP contribution in [-0.4, -0.2) is 29.4 Å². The number of hydrogen-bond acceptors (Lipinski definition) is 2. The summed E-state index contributed by atoms with van der Waals surface area (Å²) in [6, 6.07) is 13.0. The Morgan fingerprint density at radius 1 is 1.07 bits per heavy atom. The van der Waals surface area contributed by atoms with Gasteiger partial charge in [-0.15, -0.1) is 0 Å². The molecule has 2 N–H and O–H groups in total. The highest BCUT2D eigenvalue weighted by Gasteiger charge is 2.33. The van der Waals surface area contributed by atoms with E-state index in [0.717, 1.165) is 17.7 Å². The van der Waals surface area contributed by atoms with E-state index in [9.17, 15) is 22.8 Å². The zero-order valence-electron chi connectivity index (χ0n) is 14.3. The topological polar surface area (TPSA) is 61.4 Å². The van der Waals surface area contributed by atoms with E-state index in [4.69, 9.17) is 0 Å². The highest BCUT2D eigenvalue weighted by molar-refractivity contribution is 5.90. The first-order chi connectivity index (χ1) is 12.8. The van der Waals surface area contributed by atoms with Crippen LogP contribution in [-0.2, 0) is 24.1 Å². The third kappa shape index (κ3) is 4.78. The summed E-state index contributed by atoms with van der Waals surface area (Å²) in [5, 5.41) is 5.26. The maximum absolute atomic E-state index is 12.6. The molecule has 0 spiro atoms. The Kier molecular flexibility index (Phi) is 5.34. The van der Waals surface area contributed by atoms with E-state index >= 15 is 0 Å². The fraction of sp³-hybridized carbons (Fsp3) is 0.263. The molecule has 3 amide bonds. The first kappa shape index (κ1) is 18.8. The van der Waals surface area contributed by atoms with Crippen LogP contribution in [0.5, 0.6) is 0 Å². The molecule has 0 bridgehead atoms. The van der Waals surface area contributed by atoms with Crippen molar-refractivity contribution in [3.63, 3.8) is 0 Å². The largest absolute Gasteiger partial charge is 0.416 e. The zero-order chi connectivity index (χ0) is 19.4. The van der Waals surface area contributed by atoms with Crippen molar-refractivity contribution in [1.82, 2.24) is 15.5 Å². The number of amides is 3. The highest BCUT2D eigenvalue weighted by atomic mass is 19.4. The summed E-state index contributed by atoms with van der Waals surface area (Å²) >= 11 is 0. The molecule has 8 heteroatoms. The van der Waals surface area contributed by atoms with Gasteiger partial charge < -0.3 is 15.5 Å². The second kappa shape index (κ2) is 7.69. The maximum Gasteiger partial charge on any atom is 0.416 e. The van der Waals surface area contributed by atoms with Crippen LogP contribution in [0.2, 0.25) is 0 Å². The van der Waals surface area contributed by atoms with Gasteiger partial charge in [-0.3, -0.25) is 4.79 Å². The second-order valence-corrected chi connectivity index (χ2v) is 6.28. The molecule has 1 saturated heterocycles. The molecule has 3 rings (SSSR count). The minimum atomic E-state index is -4.39. The molecule has 1 aliphatic heterocycles. The van der Waals surface area contributed by atoms with Gasteiger partial charge in [-0.1, -0.05) is 42.5 Å². The number of halogens is 3. The Labute approximate surface area is 154 Å². The van der Waals surface area contributed by atoms with Crippen LogP contribution in [0.4, 0.5) is 18.0 Å². The van der Waals surface area contributed by atoms with Gasteiger partial charge in [0.1, 0.15) is 6.04 Å². The van der Waals surface area contributed by atoms with Crippen molar-refractivity contribution in [3.8, 4) is 0 Å². The average molecular weight is 377 g/mol. The van der Waals surface area contributed by atoms with E-state index in [0.29, 0.717) is 12.1 Å². The van der Waals surface area contributed by atoms with E-state index in [2.05, 4.69) is 10.6 Å². The SMILES string of the molecule is O=C(NCc1ccc(C(F)(F)F)cc1)C1CN(Cc2ccccc2)C(=O)N1. The summed E-state index contributed by atoms with van der Waals surface area (Å²) < 4.78 is 37.7. The normalized spacial score (nSPS) is 16.9. The van der Waals surface area contributed by atoms with E-state index in [-0.39, 0.29) is 25.0 Å². The van der Waals surface area contributed by atoms with Crippen LogP contribution in [0.15, 0.2) is 54.6 Å². The van der Waals surface area contributed by atoms with E-state index < -0.39 is 17.8 Å². The number of alkyl halides is 3. The molecule has 0 aliphatic carbocycles. The van der Waals surface area contributed by atoms with Gasteiger partial charge in [-0.25, -0.2) is 4.79 Å². The molecular formula is C19H18F3N3O2. The summed E-state index contributed by atoms with van der Waals surface area (Å²) in [6.45, 7) is 0.712. The zero-order valence-corrected chi connectivity index (χ0v) is 14.3.